The highest BCUT2D eigenvalue weighted by molar-refractivity contribution is 5.87. The Labute approximate surface area is 197 Å². The van der Waals surface area contributed by atoms with Crippen molar-refractivity contribution in [1.82, 2.24) is 9.88 Å². The maximum absolute atomic E-state index is 13.2. The SMILES string of the molecule is Cc1ccccc1Nc1nc2ccc(CC(=O)N3CCCC3c3ccc(C(=O)O)cc3)cc2o1. The van der Waals surface area contributed by atoms with E-state index in [1.807, 2.05) is 66.4 Å². The third kappa shape index (κ3) is 4.37. The van der Waals surface area contributed by atoms with E-state index in [0.29, 0.717) is 18.1 Å². The summed E-state index contributed by atoms with van der Waals surface area (Å²) in [6.07, 6.45) is 2.06. The maximum Gasteiger partial charge on any atom is 0.335 e. The number of fused-ring (bicyclic) bond motifs is 1. The predicted molar refractivity (Wildman–Crippen MR) is 129 cm³/mol. The molecule has 2 heterocycles. The van der Waals surface area contributed by atoms with Gasteiger partial charge in [0.15, 0.2) is 5.58 Å². The number of carboxylic acid groups (broad SMARTS) is 1. The van der Waals surface area contributed by atoms with E-state index in [1.54, 1.807) is 12.1 Å². The fourth-order valence-corrected chi connectivity index (χ4v) is 4.50. The second-order valence-electron chi connectivity index (χ2n) is 8.61. The Kier molecular flexibility index (Phi) is 5.76. The van der Waals surface area contributed by atoms with E-state index in [1.165, 1.54) is 0 Å². The molecule has 34 heavy (non-hydrogen) atoms. The quantitative estimate of drug-likeness (QED) is 0.399. The van der Waals surface area contributed by atoms with Crippen LogP contribution in [0.2, 0.25) is 0 Å². The van der Waals surface area contributed by atoms with Crippen LogP contribution in [0.25, 0.3) is 11.1 Å². The zero-order valence-corrected chi connectivity index (χ0v) is 18.8. The molecule has 3 aromatic carbocycles. The number of amides is 1. The first-order valence-electron chi connectivity index (χ1n) is 11.3. The third-order valence-corrected chi connectivity index (χ3v) is 6.31. The van der Waals surface area contributed by atoms with E-state index in [4.69, 9.17) is 9.52 Å². The van der Waals surface area contributed by atoms with Crippen LogP contribution in [0.4, 0.5) is 11.7 Å². The highest BCUT2D eigenvalue weighted by Gasteiger charge is 2.30. The molecule has 0 radical (unpaired) electrons. The van der Waals surface area contributed by atoms with Crippen molar-refractivity contribution in [3.63, 3.8) is 0 Å². The number of nitrogens with one attached hydrogen (secondary N) is 1. The van der Waals surface area contributed by atoms with Crippen LogP contribution in [-0.2, 0) is 11.2 Å². The molecule has 5 rings (SSSR count). The summed E-state index contributed by atoms with van der Waals surface area (Å²) in [6, 6.07) is 20.8. The predicted octanol–water partition coefficient (Wildman–Crippen LogP) is 5.48. The van der Waals surface area contributed by atoms with Gasteiger partial charge < -0.3 is 19.7 Å². The monoisotopic (exact) mass is 455 g/mol. The molecule has 0 aliphatic carbocycles. The Morgan fingerprint density at radius 1 is 1.12 bits per heavy atom. The van der Waals surface area contributed by atoms with Crippen LogP contribution in [0.5, 0.6) is 0 Å². The van der Waals surface area contributed by atoms with Gasteiger partial charge in [-0.25, -0.2) is 4.79 Å². The van der Waals surface area contributed by atoms with Gasteiger partial charge in [-0.15, -0.1) is 0 Å². The summed E-state index contributed by atoms with van der Waals surface area (Å²) in [5.74, 6) is -0.909. The molecule has 1 amide bonds. The fourth-order valence-electron chi connectivity index (χ4n) is 4.50. The Morgan fingerprint density at radius 3 is 2.68 bits per heavy atom. The lowest BCUT2D eigenvalue weighted by Crippen LogP contribution is -2.31. The van der Waals surface area contributed by atoms with Crippen molar-refractivity contribution in [3.05, 3.63) is 89.0 Å². The summed E-state index contributed by atoms with van der Waals surface area (Å²) < 4.78 is 5.90. The lowest BCUT2D eigenvalue weighted by molar-refractivity contribution is -0.131. The third-order valence-electron chi connectivity index (χ3n) is 6.31. The van der Waals surface area contributed by atoms with Gasteiger partial charge in [0.25, 0.3) is 6.01 Å². The molecule has 7 nitrogen and oxygen atoms in total. The van der Waals surface area contributed by atoms with Gasteiger partial charge in [-0.2, -0.15) is 4.98 Å². The van der Waals surface area contributed by atoms with Gasteiger partial charge in [0.05, 0.1) is 18.0 Å². The van der Waals surface area contributed by atoms with E-state index >= 15 is 0 Å². The van der Waals surface area contributed by atoms with E-state index in [2.05, 4.69) is 10.3 Å². The summed E-state index contributed by atoms with van der Waals surface area (Å²) in [6.45, 7) is 2.71. The number of hydrogen-bond acceptors (Lipinski definition) is 5. The minimum absolute atomic E-state index is 0.0331. The number of benzene rings is 3. The first kappa shape index (κ1) is 21.7. The summed E-state index contributed by atoms with van der Waals surface area (Å²) in [5, 5.41) is 12.3. The van der Waals surface area contributed by atoms with Crippen LogP contribution in [0.1, 0.15) is 45.9 Å². The van der Waals surface area contributed by atoms with Crippen LogP contribution >= 0.6 is 0 Å². The molecule has 7 heteroatoms. The molecule has 1 aliphatic rings. The number of carboxylic acids is 1. The van der Waals surface area contributed by atoms with Gasteiger partial charge in [0.2, 0.25) is 5.91 Å². The largest absolute Gasteiger partial charge is 0.478 e. The van der Waals surface area contributed by atoms with E-state index in [0.717, 1.165) is 40.7 Å². The van der Waals surface area contributed by atoms with Crippen LogP contribution in [0.3, 0.4) is 0 Å². The highest BCUT2D eigenvalue weighted by Crippen LogP contribution is 2.33. The lowest BCUT2D eigenvalue weighted by atomic mass is 10.0. The number of para-hydroxylation sites is 1. The van der Waals surface area contributed by atoms with Crippen molar-refractivity contribution in [3.8, 4) is 0 Å². The number of nitrogens with zero attached hydrogens (tertiary/aromatic N) is 2. The molecule has 1 unspecified atom stereocenters. The van der Waals surface area contributed by atoms with Gasteiger partial charge in [0.1, 0.15) is 5.52 Å². The van der Waals surface area contributed by atoms with Crippen LogP contribution in [0, 0.1) is 6.92 Å². The van der Waals surface area contributed by atoms with Gasteiger partial charge in [0, 0.05) is 12.2 Å². The number of likely N-dealkylation sites (tertiary alicyclic amines) is 1. The van der Waals surface area contributed by atoms with Crippen molar-refractivity contribution in [2.45, 2.75) is 32.2 Å². The number of rotatable bonds is 6. The second-order valence-corrected chi connectivity index (χ2v) is 8.61. The Hall–Kier alpha value is -4.13. The molecule has 1 aliphatic heterocycles. The smallest absolute Gasteiger partial charge is 0.335 e. The fraction of sp³-hybridized carbons (Fsp3) is 0.222. The molecular formula is C27H25N3O4. The molecule has 4 aromatic rings. The van der Waals surface area contributed by atoms with Crippen LogP contribution in [-0.4, -0.2) is 33.4 Å². The number of aryl methyl sites for hydroxylation is 1. The lowest BCUT2D eigenvalue weighted by Gasteiger charge is -2.25. The molecular weight excluding hydrogens is 430 g/mol. The molecule has 0 saturated carbocycles. The standard InChI is InChI=1S/C27H25N3O4/c1-17-5-2-3-6-21(17)28-27-29-22-13-8-18(15-24(22)34-27)16-25(31)30-14-4-7-23(30)19-9-11-20(12-10-19)26(32)33/h2-3,5-6,8-13,15,23H,4,7,14,16H2,1H3,(H,28,29)(H,32,33). The zero-order valence-electron chi connectivity index (χ0n) is 18.8. The number of carbonyl (C=O) groups excluding carboxylic acids is 1. The highest BCUT2D eigenvalue weighted by atomic mass is 16.4. The zero-order chi connectivity index (χ0) is 23.7. The van der Waals surface area contributed by atoms with Crippen LogP contribution < -0.4 is 5.32 Å². The van der Waals surface area contributed by atoms with Crippen molar-refractivity contribution < 1.29 is 19.1 Å². The number of anilines is 2. The molecule has 1 atom stereocenters. The van der Waals surface area contributed by atoms with E-state index in [-0.39, 0.29) is 23.9 Å². The Morgan fingerprint density at radius 2 is 1.91 bits per heavy atom. The number of aromatic carboxylic acids is 1. The van der Waals surface area contributed by atoms with E-state index < -0.39 is 5.97 Å². The topological polar surface area (TPSA) is 95.7 Å². The normalized spacial score (nSPS) is 15.6. The first-order chi connectivity index (χ1) is 16.5. The Bertz CT molecular complexity index is 1360. The summed E-state index contributed by atoms with van der Waals surface area (Å²) in [7, 11) is 0. The summed E-state index contributed by atoms with van der Waals surface area (Å²) >= 11 is 0. The van der Waals surface area contributed by atoms with Crippen molar-refractivity contribution in [2.75, 3.05) is 11.9 Å². The van der Waals surface area contributed by atoms with Crippen LogP contribution in [0.15, 0.2) is 71.1 Å². The Balaban J connectivity index is 1.30. The minimum atomic E-state index is -0.953. The average molecular weight is 456 g/mol. The van der Waals surface area contributed by atoms with Gasteiger partial charge >= 0.3 is 5.97 Å². The average Bonchev–Trinajstić information content (AvgIpc) is 3.47. The van der Waals surface area contributed by atoms with Gasteiger partial charge in [-0.1, -0.05) is 36.4 Å². The van der Waals surface area contributed by atoms with Gasteiger partial charge in [-0.3, -0.25) is 4.79 Å². The molecule has 2 N–H and O–H groups in total. The van der Waals surface area contributed by atoms with E-state index in [9.17, 15) is 9.59 Å². The number of oxazole rings is 1. The summed E-state index contributed by atoms with van der Waals surface area (Å²) in [5.41, 5.74) is 5.45. The van der Waals surface area contributed by atoms with Gasteiger partial charge in [-0.05, 0) is 66.8 Å². The van der Waals surface area contributed by atoms with Crippen molar-refractivity contribution in [1.29, 1.82) is 0 Å². The molecule has 0 spiro atoms. The molecule has 1 saturated heterocycles. The maximum atomic E-state index is 13.2. The molecule has 1 fully saturated rings. The second kappa shape index (κ2) is 9.02. The van der Waals surface area contributed by atoms with Crippen molar-refractivity contribution >= 4 is 34.7 Å². The summed E-state index contributed by atoms with van der Waals surface area (Å²) in [4.78, 5) is 30.7. The number of hydrogen-bond donors (Lipinski definition) is 2. The van der Waals surface area contributed by atoms with Crippen molar-refractivity contribution in [2.24, 2.45) is 0 Å². The first-order valence-corrected chi connectivity index (χ1v) is 11.3. The number of carbonyl (C=O) groups is 2. The number of aromatic nitrogens is 1. The molecule has 1 aromatic heterocycles. The molecule has 172 valence electrons. The molecule has 0 bridgehead atoms. The minimum Gasteiger partial charge on any atom is -0.478 e.